The van der Waals surface area contributed by atoms with Crippen molar-refractivity contribution in [3.05, 3.63) is 24.3 Å². The van der Waals surface area contributed by atoms with E-state index in [0.717, 1.165) is 6.42 Å². The third-order valence-electron chi connectivity index (χ3n) is 2.83. The van der Waals surface area contributed by atoms with E-state index in [1.807, 2.05) is 26.0 Å². The van der Waals surface area contributed by atoms with Gasteiger partial charge in [0.15, 0.2) is 0 Å². The largest absolute Gasteiger partial charge is 0.497 e. The third-order valence-corrected chi connectivity index (χ3v) is 2.83. The lowest BCUT2D eigenvalue weighted by atomic mass is 10.0. The van der Waals surface area contributed by atoms with Crippen LogP contribution in [0.5, 0.6) is 5.75 Å². The van der Waals surface area contributed by atoms with E-state index >= 15 is 0 Å². The molecule has 106 valence electrons. The summed E-state index contributed by atoms with van der Waals surface area (Å²) in [6.07, 6.45) is 0.796. The highest BCUT2D eigenvalue weighted by molar-refractivity contribution is 5.91. The van der Waals surface area contributed by atoms with Gasteiger partial charge in [-0.05, 0) is 25.5 Å². The number of carbonyl (C=O) groups excluding carboxylic acids is 1. The van der Waals surface area contributed by atoms with Crippen LogP contribution in [0.3, 0.4) is 0 Å². The molecule has 1 atom stereocenters. The van der Waals surface area contributed by atoms with Crippen LogP contribution < -0.4 is 15.8 Å². The van der Waals surface area contributed by atoms with Crippen LogP contribution in [-0.4, -0.2) is 31.8 Å². The maximum atomic E-state index is 11.7. The standard InChI is InChI=1S/C14H22N2O3/c1-4-14(2,15)10-19-9-13(17)16-11-6-5-7-12(8-11)18-3/h5-8H,4,9-10,15H2,1-3H3,(H,16,17). The summed E-state index contributed by atoms with van der Waals surface area (Å²) in [6.45, 7) is 4.23. The van der Waals surface area contributed by atoms with Gasteiger partial charge in [-0.2, -0.15) is 0 Å². The highest BCUT2D eigenvalue weighted by Gasteiger charge is 2.16. The van der Waals surface area contributed by atoms with Crippen LogP contribution in [0.25, 0.3) is 0 Å². The summed E-state index contributed by atoms with van der Waals surface area (Å²) in [7, 11) is 1.58. The molecule has 1 amide bonds. The molecule has 0 radical (unpaired) electrons. The number of nitrogens with two attached hydrogens (primary N) is 1. The number of carbonyl (C=O) groups is 1. The molecule has 19 heavy (non-hydrogen) atoms. The number of hydrogen-bond donors (Lipinski definition) is 2. The Hall–Kier alpha value is -1.59. The molecule has 1 rings (SSSR count). The van der Waals surface area contributed by atoms with Crippen LogP contribution in [0.1, 0.15) is 20.3 Å². The van der Waals surface area contributed by atoms with Gasteiger partial charge in [0.2, 0.25) is 5.91 Å². The van der Waals surface area contributed by atoms with Crippen LogP contribution in [0, 0.1) is 0 Å². The van der Waals surface area contributed by atoms with Crippen molar-refractivity contribution in [3.8, 4) is 5.75 Å². The number of anilines is 1. The Bertz CT molecular complexity index is 419. The zero-order valence-electron chi connectivity index (χ0n) is 11.7. The molecule has 5 nitrogen and oxygen atoms in total. The number of nitrogens with one attached hydrogen (secondary N) is 1. The summed E-state index contributed by atoms with van der Waals surface area (Å²) in [5.74, 6) is 0.486. The molecule has 0 heterocycles. The minimum atomic E-state index is -0.393. The van der Waals surface area contributed by atoms with E-state index in [1.165, 1.54) is 0 Å². The highest BCUT2D eigenvalue weighted by atomic mass is 16.5. The lowest BCUT2D eigenvalue weighted by molar-refractivity contribution is -0.121. The number of ether oxygens (including phenoxy) is 2. The van der Waals surface area contributed by atoms with Crippen molar-refractivity contribution in [2.45, 2.75) is 25.8 Å². The molecule has 1 aromatic rings. The molecule has 0 saturated carbocycles. The maximum absolute atomic E-state index is 11.7. The van der Waals surface area contributed by atoms with E-state index in [4.69, 9.17) is 15.2 Å². The molecule has 0 bridgehead atoms. The van der Waals surface area contributed by atoms with Gasteiger partial charge in [0, 0.05) is 17.3 Å². The van der Waals surface area contributed by atoms with Crippen molar-refractivity contribution < 1.29 is 14.3 Å². The molecule has 5 heteroatoms. The maximum Gasteiger partial charge on any atom is 0.250 e. The van der Waals surface area contributed by atoms with Gasteiger partial charge < -0.3 is 20.5 Å². The second-order valence-corrected chi connectivity index (χ2v) is 4.78. The first kappa shape index (κ1) is 15.5. The fraction of sp³-hybridized carbons (Fsp3) is 0.500. The van der Waals surface area contributed by atoms with Gasteiger partial charge in [-0.3, -0.25) is 4.79 Å². The van der Waals surface area contributed by atoms with Crippen molar-refractivity contribution >= 4 is 11.6 Å². The topological polar surface area (TPSA) is 73.6 Å². The summed E-state index contributed by atoms with van der Waals surface area (Å²) in [6, 6.07) is 7.16. The lowest BCUT2D eigenvalue weighted by Gasteiger charge is -2.22. The Balaban J connectivity index is 2.39. The molecule has 0 aliphatic carbocycles. The Kier molecular flexibility index (Phi) is 5.79. The Morgan fingerprint density at radius 2 is 2.21 bits per heavy atom. The summed E-state index contributed by atoms with van der Waals surface area (Å²) in [5.41, 5.74) is 6.21. The number of rotatable bonds is 7. The SMILES string of the molecule is CCC(C)(N)COCC(=O)Nc1cccc(OC)c1. The van der Waals surface area contributed by atoms with Gasteiger partial charge in [-0.15, -0.1) is 0 Å². The molecule has 0 fully saturated rings. The predicted molar refractivity (Wildman–Crippen MR) is 75.3 cm³/mol. The molecule has 3 N–H and O–H groups in total. The summed E-state index contributed by atoms with van der Waals surface area (Å²) < 4.78 is 10.4. The zero-order valence-corrected chi connectivity index (χ0v) is 11.7. The molecule has 0 aromatic heterocycles. The van der Waals surface area contributed by atoms with Crippen LogP contribution in [0.2, 0.25) is 0 Å². The van der Waals surface area contributed by atoms with Gasteiger partial charge in [0.05, 0.1) is 13.7 Å². The minimum Gasteiger partial charge on any atom is -0.497 e. The number of methoxy groups -OCH3 is 1. The summed E-state index contributed by atoms with van der Waals surface area (Å²) >= 11 is 0. The molecular weight excluding hydrogens is 244 g/mol. The van der Waals surface area contributed by atoms with Crippen molar-refractivity contribution in [2.75, 3.05) is 25.6 Å². The first-order valence-electron chi connectivity index (χ1n) is 6.27. The normalized spacial score (nSPS) is 13.7. The second-order valence-electron chi connectivity index (χ2n) is 4.78. The van der Waals surface area contributed by atoms with E-state index in [2.05, 4.69) is 5.32 Å². The monoisotopic (exact) mass is 266 g/mol. The lowest BCUT2D eigenvalue weighted by Crippen LogP contribution is -2.41. The van der Waals surface area contributed by atoms with E-state index in [0.29, 0.717) is 18.0 Å². The molecular formula is C14H22N2O3. The Morgan fingerprint density at radius 3 is 2.84 bits per heavy atom. The smallest absolute Gasteiger partial charge is 0.250 e. The average molecular weight is 266 g/mol. The van der Waals surface area contributed by atoms with Crippen LogP contribution >= 0.6 is 0 Å². The first-order chi connectivity index (χ1) is 8.96. The highest BCUT2D eigenvalue weighted by Crippen LogP contribution is 2.16. The quantitative estimate of drug-likeness (QED) is 0.789. The summed E-state index contributed by atoms with van der Waals surface area (Å²) in [4.78, 5) is 11.7. The number of hydrogen-bond acceptors (Lipinski definition) is 4. The molecule has 0 spiro atoms. The van der Waals surface area contributed by atoms with Crippen molar-refractivity contribution in [2.24, 2.45) is 5.73 Å². The first-order valence-corrected chi connectivity index (χ1v) is 6.27. The van der Waals surface area contributed by atoms with E-state index in [9.17, 15) is 4.79 Å². The Morgan fingerprint density at radius 1 is 1.47 bits per heavy atom. The van der Waals surface area contributed by atoms with Crippen molar-refractivity contribution in [3.63, 3.8) is 0 Å². The van der Waals surface area contributed by atoms with Gasteiger partial charge in [0.1, 0.15) is 12.4 Å². The second kappa shape index (κ2) is 7.11. The molecule has 0 saturated heterocycles. The van der Waals surface area contributed by atoms with E-state index in [1.54, 1.807) is 19.2 Å². The van der Waals surface area contributed by atoms with Crippen LogP contribution in [-0.2, 0) is 9.53 Å². The van der Waals surface area contributed by atoms with Gasteiger partial charge >= 0.3 is 0 Å². The third kappa shape index (κ3) is 5.72. The molecule has 0 aliphatic rings. The molecule has 0 aliphatic heterocycles. The van der Waals surface area contributed by atoms with Crippen LogP contribution in [0.4, 0.5) is 5.69 Å². The Labute approximate surface area is 114 Å². The summed E-state index contributed by atoms with van der Waals surface area (Å²) in [5, 5.41) is 2.74. The van der Waals surface area contributed by atoms with Crippen LogP contribution in [0.15, 0.2) is 24.3 Å². The fourth-order valence-corrected chi connectivity index (χ4v) is 1.38. The van der Waals surface area contributed by atoms with E-state index in [-0.39, 0.29) is 12.5 Å². The van der Waals surface area contributed by atoms with Crippen molar-refractivity contribution in [1.29, 1.82) is 0 Å². The van der Waals surface area contributed by atoms with Gasteiger partial charge in [-0.1, -0.05) is 13.0 Å². The average Bonchev–Trinajstić information content (AvgIpc) is 2.38. The number of amides is 1. The van der Waals surface area contributed by atoms with Crippen molar-refractivity contribution in [1.82, 2.24) is 0 Å². The van der Waals surface area contributed by atoms with E-state index < -0.39 is 5.54 Å². The molecule has 1 unspecified atom stereocenters. The minimum absolute atomic E-state index is 0.00992. The predicted octanol–water partition coefficient (Wildman–Crippen LogP) is 1.78. The fourth-order valence-electron chi connectivity index (χ4n) is 1.38. The van der Waals surface area contributed by atoms with Gasteiger partial charge in [-0.25, -0.2) is 0 Å². The molecule has 1 aromatic carbocycles. The zero-order chi connectivity index (χ0) is 14.3. The van der Waals surface area contributed by atoms with Gasteiger partial charge in [0.25, 0.3) is 0 Å². The number of benzene rings is 1.